The van der Waals surface area contributed by atoms with E-state index in [-0.39, 0.29) is 11.9 Å². The molecule has 2 aliphatic rings. The van der Waals surface area contributed by atoms with Gasteiger partial charge in [-0.05, 0) is 55.6 Å². The summed E-state index contributed by atoms with van der Waals surface area (Å²) in [6.45, 7) is 4.37. The number of likely N-dealkylation sites (N-methyl/N-ethyl adjacent to an activating group) is 1. The van der Waals surface area contributed by atoms with Gasteiger partial charge in [0.05, 0.1) is 12.3 Å². The van der Waals surface area contributed by atoms with Crippen LogP contribution in [-0.2, 0) is 24.1 Å². The highest BCUT2D eigenvalue weighted by Gasteiger charge is 2.23. The summed E-state index contributed by atoms with van der Waals surface area (Å²) in [4.78, 5) is 23.4. The number of aromatic amines is 1. The molecule has 2 N–H and O–H groups in total. The summed E-state index contributed by atoms with van der Waals surface area (Å²) >= 11 is 0. The van der Waals surface area contributed by atoms with Gasteiger partial charge in [0.25, 0.3) is 5.91 Å². The van der Waals surface area contributed by atoms with Gasteiger partial charge in [-0.1, -0.05) is 12.9 Å². The van der Waals surface area contributed by atoms with Crippen LogP contribution in [0.2, 0.25) is 6.82 Å². The fourth-order valence-corrected chi connectivity index (χ4v) is 4.10. The predicted molar refractivity (Wildman–Crippen MR) is 115 cm³/mol. The summed E-state index contributed by atoms with van der Waals surface area (Å²) in [6.07, 6.45) is 5.04. The lowest BCUT2D eigenvalue weighted by Gasteiger charge is -2.25. The number of benzene rings is 1. The number of aromatic nitrogens is 2. The molecule has 1 unspecified atom stereocenters. The first-order valence-electron chi connectivity index (χ1n) is 10.3. The van der Waals surface area contributed by atoms with Gasteiger partial charge in [0, 0.05) is 31.5 Å². The number of carbonyl (C=O) groups is 1. The molecule has 0 saturated heterocycles. The summed E-state index contributed by atoms with van der Waals surface area (Å²) in [5.41, 5.74) is 6.64. The lowest BCUT2D eigenvalue weighted by molar-refractivity contribution is 0.0892. The predicted octanol–water partition coefficient (Wildman–Crippen LogP) is 2.55. The minimum Gasteiger partial charge on any atom is -0.382 e. The molecule has 0 bridgehead atoms. The highest BCUT2D eigenvalue weighted by molar-refractivity contribution is 6.45. The Hall–Kier alpha value is -2.38. The number of aryl methyl sites for hydroxylation is 1. The van der Waals surface area contributed by atoms with Crippen LogP contribution in [0.25, 0.3) is 6.08 Å². The van der Waals surface area contributed by atoms with E-state index in [9.17, 15) is 4.79 Å². The van der Waals surface area contributed by atoms with Crippen LogP contribution in [0.5, 0.6) is 0 Å². The number of nitrogens with one attached hydrogen (secondary N) is 2. The zero-order chi connectivity index (χ0) is 20.4. The minimum atomic E-state index is -0.317. The van der Waals surface area contributed by atoms with E-state index >= 15 is 0 Å². The summed E-state index contributed by atoms with van der Waals surface area (Å²) in [5, 5.41) is 3.10. The van der Waals surface area contributed by atoms with E-state index in [0.29, 0.717) is 12.2 Å². The van der Waals surface area contributed by atoms with Crippen LogP contribution in [0.4, 0.5) is 0 Å². The highest BCUT2D eigenvalue weighted by Crippen LogP contribution is 2.24. The summed E-state index contributed by atoms with van der Waals surface area (Å²) < 4.78 is 5.37. The van der Waals surface area contributed by atoms with Crippen molar-refractivity contribution in [3.8, 4) is 0 Å². The van der Waals surface area contributed by atoms with Gasteiger partial charge in [-0.2, -0.15) is 0 Å². The molecule has 2 heterocycles. The average Bonchev–Trinajstić information content (AvgIpc) is 3.16. The number of fused-ring (bicyclic) bond motifs is 2. The van der Waals surface area contributed by atoms with Crippen LogP contribution >= 0.6 is 0 Å². The third kappa shape index (κ3) is 4.31. The van der Waals surface area contributed by atoms with E-state index < -0.39 is 0 Å². The lowest BCUT2D eigenvalue weighted by Crippen LogP contribution is -2.32. The number of hydrogen-bond acceptors (Lipinski definition) is 4. The lowest BCUT2D eigenvalue weighted by atomic mass is 9.68. The minimum absolute atomic E-state index is 0.0960. The number of amides is 1. The number of carbonyl (C=O) groups excluding carboxylic acids is 1. The quantitative estimate of drug-likeness (QED) is 0.743. The Bertz CT molecular complexity index is 937. The fourth-order valence-electron chi connectivity index (χ4n) is 4.10. The third-order valence-electron chi connectivity index (χ3n) is 5.83. The maximum absolute atomic E-state index is 13.0. The van der Waals surface area contributed by atoms with Gasteiger partial charge in [0.2, 0.25) is 0 Å². The smallest absolute Gasteiger partial charge is 0.251 e. The second-order valence-electron chi connectivity index (χ2n) is 7.95. The first kappa shape index (κ1) is 19.9. The van der Waals surface area contributed by atoms with Gasteiger partial charge in [-0.25, -0.2) is 4.98 Å². The van der Waals surface area contributed by atoms with Gasteiger partial charge in [0.1, 0.15) is 19.1 Å². The van der Waals surface area contributed by atoms with Crippen molar-refractivity contribution in [2.45, 2.75) is 38.7 Å². The van der Waals surface area contributed by atoms with E-state index in [2.05, 4.69) is 48.5 Å². The van der Waals surface area contributed by atoms with Crippen LogP contribution in [0, 0.1) is 0 Å². The zero-order valence-corrected chi connectivity index (χ0v) is 17.4. The van der Waals surface area contributed by atoms with Crippen LogP contribution in [0.1, 0.15) is 51.2 Å². The molecule has 2 aromatic rings. The average molecular weight is 391 g/mol. The van der Waals surface area contributed by atoms with Crippen LogP contribution in [-0.4, -0.2) is 55.4 Å². The SMILES string of the molecule is C[B]C1=Cc2nc(C(COC)NC(=O)c3ccc4c(c3)CCN(C)C4)[nH]c2CC1. The number of allylic oxidation sites excluding steroid dienone is 1. The Morgan fingerprint density at radius 2 is 2.21 bits per heavy atom. The summed E-state index contributed by atoms with van der Waals surface area (Å²) in [5.74, 6) is 0.652. The van der Waals surface area contributed by atoms with Crippen LogP contribution in [0.3, 0.4) is 0 Å². The normalized spacial score (nSPS) is 17.1. The Morgan fingerprint density at radius 1 is 1.34 bits per heavy atom. The number of nitrogens with zero attached hydrogens (tertiary/aromatic N) is 2. The molecule has 1 aromatic carbocycles. The van der Waals surface area contributed by atoms with Gasteiger partial charge < -0.3 is 19.9 Å². The monoisotopic (exact) mass is 391 g/mol. The van der Waals surface area contributed by atoms with Gasteiger partial charge in [0.15, 0.2) is 0 Å². The first-order valence-corrected chi connectivity index (χ1v) is 10.3. The molecule has 151 valence electrons. The maximum Gasteiger partial charge on any atom is 0.251 e. The number of ether oxygens (including phenoxy) is 1. The molecule has 1 atom stereocenters. The molecule has 1 radical (unpaired) electrons. The van der Waals surface area contributed by atoms with Gasteiger partial charge in [-0.15, -0.1) is 5.47 Å². The molecule has 1 amide bonds. The zero-order valence-electron chi connectivity index (χ0n) is 17.4. The second kappa shape index (κ2) is 8.55. The topological polar surface area (TPSA) is 70.2 Å². The Morgan fingerprint density at radius 3 is 3.00 bits per heavy atom. The molecule has 0 spiro atoms. The largest absolute Gasteiger partial charge is 0.382 e. The third-order valence-corrected chi connectivity index (χ3v) is 5.83. The van der Waals surface area contributed by atoms with Crippen molar-refractivity contribution in [3.05, 3.63) is 57.6 Å². The second-order valence-corrected chi connectivity index (χ2v) is 7.95. The Labute approximate surface area is 173 Å². The molecule has 6 nitrogen and oxygen atoms in total. The molecule has 7 heteroatoms. The van der Waals surface area contributed by atoms with E-state index in [0.717, 1.165) is 49.6 Å². The maximum atomic E-state index is 13.0. The van der Waals surface area contributed by atoms with Crippen molar-refractivity contribution >= 4 is 19.3 Å². The van der Waals surface area contributed by atoms with Crippen LogP contribution < -0.4 is 5.32 Å². The summed E-state index contributed by atoms with van der Waals surface area (Å²) in [6, 6.07) is 5.70. The Balaban J connectivity index is 1.53. The van der Waals surface area contributed by atoms with Crippen molar-refractivity contribution < 1.29 is 9.53 Å². The van der Waals surface area contributed by atoms with E-state index in [1.807, 2.05) is 12.1 Å². The van der Waals surface area contributed by atoms with Crippen molar-refractivity contribution in [2.24, 2.45) is 0 Å². The molecule has 0 fully saturated rings. The van der Waals surface area contributed by atoms with Gasteiger partial charge >= 0.3 is 0 Å². The van der Waals surface area contributed by atoms with E-state index in [1.54, 1.807) is 7.11 Å². The van der Waals surface area contributed by atoms with Gasteiger partial charge in [-0.3, -0.25) is 4.79 Å². The highest BCUT2D eigenvalue weighted by atomic mass is 16.5. The molecular formula is C22H28BN4O2. The molecule has 4 rings (SSSR count). The van der Waals surface area contributed by atoms with Crippen molar-refractivity contribution in [2.75, 3.05) is 27.3 Å². The number of methoxy groups -OCH3 is 1. The Kier molecular flexibility index (Phi) is 5.87. The number of imidazole rings is 1. The summed E-state index contributed by atoms with van der Waals surface area (Å²) in [7, 11) is 5.89. The van der Waals surface area contributed by atoms with Crippen LogP contribution in [0.15, 0.2) is 23.7 Å². The van der Waals surface area contributed by atoms with Crippen molar-refractivity contribution in [1.82, 2.24) is 20.2 Å². The van der Waals surface area contributed by atoms with Crippen molar-refractivity contribution in [1.29, 1.82) is 0 Å². The molecule has 1 aliphatic carbocycles. The molecular weight excluding hydrogens is 363 g/mol. The van der Waals surface area contributed by atoms with E-state index in [1.165, 1.54) is 16.6 Å². The number of hydrogen-bond donors (Lipinski definition) is 2. The molecule has 29 heavy (non-hydrogen) atoms. The van der Waals surface area contributed by atoms with E-state index in [4.69, 9.17) is 9.72 Å². The molecule has 1 aliphatic heterocycles. The number of rotatable bonds is 6. The fraction of sp³-hybridized carbons (Fsp3) is 0.455. The van der Waals surface area contributed by atoms with Crippen molar-refractivity contribution in [3.63, 3.8) is 0 Å². The molecule has 1 aromatic heterocycles. The number of H-pyrrole nitrogens is 1. The standard InChI is InChI=1S/C22H28BN4O2/c1-23-17-6-7-18-19(11-17)25-21(24-18)20(13-29-3)26-22(28)15-4-5-16-12-27(2)9-8-14(16)10-15/h4-5,10-11,20H,6-9,12-13H2,1-3H3,(H,24,25)(H,26,28). The molecule has 0 saturated carbocycles. The first-order chi connectivity index (χ1) is 14.1.